The standard InChI is InChI=1S/C31H32F3N3O6/c1-2-40-30(39)20-11-12-35-25(15-20)36-29(38)26-18-9-10-19(26)14-21(13-18)41-16-23-27(37-43-28(23)17-7-8-17)22-5-3-4-6-24(22)42-31(32,33)34/h3-6,11-12,15,17-19,21,26H,2,7-10,13-14,16H2,1H3,(H,35,36,38). The molecular weight excluding hydrogens is 567 g/mol. The number of fused-ring (bicyclic) bond motifs is 2. The highest BCUT2D eigenvalue weighted by atomic mass is 19.4. The molecule has 0 aliphatic heterocycles. The lowest BCUT2D eigenvalue weighted by atomic mass is 9.76. The van der Waals surface area contributed by atoms with Crippen molar-refractivity contribution in [2.24, 2.45) is 17.8 Å². The van der Waals surface area contributed by atoms with Crippen molar-refractivity contribution in [2.75, 3.05) is 11.9 Å². The number of hydrogen-bond acceptors (Lipinski definition) is 8. The maximum absolute atomic E-state index is 13.3. The van der Waals surface area contributed by atoms with Gasteiger partial charge in [-0.1, -0.05) is 17.3 Å². The highest BCUT2D eigenvalue weighted by molar-refractivity contribution is 5.95. The third kappa shape index (κ3) is 6.53. The number of aromatic nitrogens is 2. The number of carbonyl (C=O) groups is 2. The van der Waals surface area contributed by atoms with Gasteiger partial charge in [-0.15, -0.1) is 13.2 Å². The van der Waals surface area contributed by atoms with E-state index in [9.17, 15) is 22.8 Å². The molecule has 3 aliphatic rings. The highest BCUT2D eigenvalue weighted by Gasteiger charge is 2.47. The number of pyridine rings is 1. The Balaban J connectivity index is 1.13. The molecule has 0 radical (unpaired) electrons. The largest absolute Gasteiger partial charge is 0.573 e. The molecule has 228 valence electrons. The number of esters is 1. The number of ether oxygens (including phenoxy) is 3. The van der Waals surface area contributed by atoms with Crippen LogP contribution in [0, 0.1) is 17.8 Å². The molecule has 12 heteroatoms. The van der Waals surface area contributed by atoms with Crippen molar-refractivity contribution in [3.05, 3.63) is 59.5 Å². The number of amides is 1. The average molecular weight is 600 g/mol. The molecule has 2 atom stereocenters. The van der Waals surface area contributed by atoms with Gasteiger partial charge in [-0.3, -0.25) is 4.79 Å². The molecule has 3 aromatic rings. The second-order valence-corrected chi connectivity index (χ2v) is 11.4. The van der Waals surface area contributed by atoms with Gasteiger partial charge in [-0.2, -0.15) is 0 Å². The molecule has 1 N–H and O–H groups in total. The molecule has 2 bridgehead atoms. The van der Waals surface area contributed by atoms with Crippen molar-refractivity contribution >= 4 is 17.7 Å². The lowest BCUT2D eigenvalue weighted by Gasteiger charge is -2.34. The number of carbonyl (C=O) groups excluding carboxylic acids is 2. The summed E-state index contributed by atoms with van der Waals surface area (Å²) in [7, 11) is 0. The molecule has 0 saturated heterocycles. The van der Waals surface area contributed by atoms with E-state index in [-0.39, 0.29) is 65.9 Å². The quantitative estimate of drug-likeness (QED) is 0.258. The summed E-state index contributed by atoms with van der Waals surface area (Å²) in [6.45, 7) is 2.11. The van der Waals surface area contributed by atoms with Crippen molar-refractivity contribution in [1.29, 1.82) is 0 Å². The molecule has 3 aliphatic carbocycles. The lowest BCUT2D eigenvalue weighted by molar-refractivity contribution is -0.274. The van der Waals surface area contributed by atoms with E-state index in [1.807, 2.05) is 0 Å². The molecule has 3 fully saturated rings. The Kier molecular flexibility index (Phi) is 8.13. The van der Waals surface area contributed by atoms with Crippen molar-refractivity contribution in [1.82, 2.24) is 10.1 Å². The first-order chi connectivity index (χ1) is 20.7. The third-order valence-corrected chi connectivity index (χ3v) is 8.48. The van der Waals surface area contributed by atoms with Gasteiger partial charge in [0.2, 0.25) is 5.91 Å². The van der Waals surface area contributed by atoms with E-state index in [2.05, 4.69) is 20.2 Å². The number of hydrogen-bond donors (Lipinski definition) is 1. The van der Waals surface area contributed by atoms with Crippen LogP contribution in [0.15, 0.2) is 47.1 Å². The van der Waals surface area contributed by atoms with E-state index in [4.69, 9.17) is 14.0 Å². The summed E-state index contributed by atoms with van der Waals surface area (Å²) in [4.78, 5) is 29.6. The van der Waals surface area contributed by atoms with Gasteiger partial charge in [-0.25, -0.2) is 9.78 Å². The summed E-state index contributed by atoms with van der Waals surface area (Å²) in [5, 5.41) is 7.04. The number of anilines is 1. The van der Waals surface area contributed by atoms with Crippen LogP contribution in [0.1, 0.15) is 73.0 Å². The van der Waals surface area contributed by atoms with Gasteiger partial charge >= 0.3 is 12.3 Å². The van der Waals surface area contributed by atoms with E-state index in [0.717, 1.165) is 25.7 Å². The number of benzene rings is 1. The Hall–Kier alpha value is -3.93. The maximum atomic E-state index is 13.3. The van der Waals surface area contributed by atoms with Crippen LogP contribution in [0.2, 0.25) is 0 Å². The minimum atomic E-state index is -4.85. The summed E-state index contributed by atoms with van der Waals surface area (Å²) < 4.78 is 60.6. The lowest BCUT2D eigenvalue weighted by Crippen LogP contribution is -2.38. The van der Waals surface area contributed by atoms with Crippen LogP contribution in [-0.2, 0) is 20.9 Å². The van der Waals surface area contributed by atoms with Crippen LogP contribution in [0.25, 0.3) is 11.3 Å². The number of alkyl halides is 3. The minimum Gasteiger partial charge on any atom is -0.462 e. The number of nitrogens with one attached hydrogen (secondary N) is 1. The number of para-hydroxylation sites is 1. The Morgan fingerprint density at radius 1 is 1.07 bits per heavy atom. The zero-order valence-corrected chi connectivity index (χ0v) is 23.6. The summed E-state index contributed by atoms with van der Waals surface area (Å²) in [6, 6.07) is 8.93. The fourth-order valence-electron chi connectivity index (χ4n) is 6.50. The first-order valence-corrected chi connectivity index (χ1v) is 14.6. The summed E-state index contributed by atoms with van der Waals surface area (Å²) in [6.07, 6.45) is 1.48. The molecule has 3 saturated carbocycles. The van der Waals surface area contributed by atoms with Crippen LogP contribution in [-0.4, -0.2) is 41.1 Å². The number of halogens is 3. The van der Waals surface area contributed by atoms with E-state index >= 15 is 0 Å². The van der Waals surface area contributed by atoms with Crippen LogP contribution < -0.4 is 10.1 Å². The summed E-state index contributed by atoms with van der Waals surface area (Å²) in [5.41, 5.74) is 1.43. The number of nitrogens with zero attached hydrogens (tertiary/aromatic N) is 2. The Morgan fingerprint density at radius 2 is 1.81 bits per heavy atom. The molecular formula is C31H32F3N3O6. The predicted octanol–water partition coefficient (Wildman–Crippen LogP) is 6.65. The highest BCUT2D eigenvalue weighted by Crippen LogP contribution is 2.49. The van der Waals surface area contributed by atoms with E-state index in [1.165, 1.54) is 36.5 Å². The SMILES string of the molecule is CCOC(=O)c1ccnc(NC(=O)C2C3CCC2CC(OCc2c(-c4ccccc4OC(F)(F)F)noc2C2CC2)C3)c1. The van der Waals surface area contributed by atoms with Crippen molar-refractivity contribution < 1.29 is 41.5 Å². The molecule has 1 aromatic carbocycles. The molecule has 0 spiro atoms. The topological polar surface area (TPSA) is 113 Å². The monoisotopic (exact) mass is 599 g/mol. The second-order valence-electron chi connectivity index (χ2n) is 11.4. The fraction of sp³-hybridized carbons (Fsp3) is 0.484. The molecule has 1 amide bonds. The van der Waals surface area contributed by atoms with Gasteiger partial charge in [-0.05, 0) is 81.5 Å². The Bertz CT molecular complexity index is 1470. The van der Waals surface area contributed by atoms with Crippen LogP contribution in [0.5, 0.6) is 5.75 Å². The van der Waals surface area contributed by atoms with Crippen LogP contribution >= 0.6 is 0 Å². The normalized spacial score (nSPS) is 23.2. The first-order valence-electron chi connectivity index (χ1n) is 14.6. The van der Waals surface area contributed by atoms with Gasteiger partial charge < -0.3 is 24.1 Å². The first kappa shape index (κ1) is 29.2. The third-order valence-electron chi connectivity index (χ3n) is 8.48. The van der Waals surface area contributed by atoms with Gasteiger partial charge in [0.15, 0.2) is 0 Å². The van der Waals surface area contributed by atoms with Gasteiger partial charge in [0.25, 0.3) is 0 Å². The van der Waals surface area contributed by atoms with Gasteiger partial charge in [0, 0.05) is 29.2 Å². The van der Waals surface area contributed by atoms with Crippen molar-refractivity contribution in [3.8, 4) is 17.0 Å². The smallest absolute Gasteiger partial charge is 0.462 e. The molecule has 6 rings (SSSR count). The van der Waals surface area contributed by atoms with Gasteiger partial charge in [0.05, 0.1) is 24.9 Å². The summed E-state index contributed by atoms with van der Waals surface area (Å²) >= 11 is 0. The fourth-order valence-corrected chi connectivity index (χ4v) is 6.50. The minimum absolute atomic E-state index is 0.114. The maximum Gasteiger partial charge on any atom is 0.573 e. The van der Waals surface area contributed by atoms with E-state index < -0.39 is 12.3 Å². The zero-order chi connectivity index (χ0) is 30.1. The molecule has 43 heavy (non-hydrogen) atoms. The van der Waals surface area contributed by atoms with E-state index in [0.29, 0.717) is 35.5 Å². The Morgan fingerprint density at radius 3 is 2.51 bits per heavy atom. The van der Waals surface area contributed by atoms with Crippen LogP contribution in [0.3, 0.4) is 0 Å². The molecule has 2 heterocycles. The van der Waals surface area contributed by atoms with Crippen molar-refractivity contribution in [2.45, 2.75) is 70.4 Å². The zero-order valence-electron chi connectivity index (χ0n) is 23.6. The molecule has 2 unspecified atom stereocenters. The summed E-state index contributed by atoms with van der Waals surface area (Å²) in [5.74, 6) is 0.188. The Labute approximate surface area is 246 Å². The molecule has 2 aromatic heterocycles. The number of rotatable bonds is 10. The second kappa shape index (κ2) is 12.0. The molecule has 9 nitrogen and oxygen atoms in total. The van der Waals surface area contributed by atoms with Gasteiger partial charge in [0.1, 0.15) is 23.0 Å². The van der Waals surface area contributed by atoms with Crippen LogP contribution in [0.4, 0.5) is 19.0 Å². The average Bonchev–Trinajstić information content (AvgIpc) is 3.67. The van der Waals surface area contributed by atoms with Crippen molar-refractivity contribution in [3.63, 3.8) is 0 Å². The predicted molar refractivity (Wildman–Crippen MR) is 147 cm³/mol. The van der Waals surface area contributed by atoms with E-state index in [1.54, 1.807) is 13.0 Å².